The van der Waals surface area contributed by atoms with Gasteiger partial charge in [0.05, 0.1) is 11.5 Å². The second-order valence-corrected chi connectivity index (χ2v) is 5.91. The molecule has 1 saturated carbocycles. The lowest BCUT2D eigenvalue weighted by molar-refractivity contribution is -0.208. The standard InChI is InChI=1S/C11H18N2O2/c1-9(2)6-11(5,10(9,3)4)7(14)13-8(15)12-6/h6H,1-5H3,(H2,12,13,14,15)/t6-,11+/m1/s1. The van der Waals surface area contributed by atoms with Crippen LogP contribution >= 0.6 is 0 Å². The molecule has 84 valence electrons. The van der Waals surface area contributed by atoms with Gasteiger partial charge < -0.3 is 5.32 Å². The first-order valence-electron chi connectivity index (χ1n) is 5.27. The van der Waals surface area contributed by atoms with Crippen molar-refractivity contribution in [2.75, 3.05) is 0 Å². The molecule has 2 atom stereocenters. The van der Waals surface area contributed by atoms with Gasteiger partial charge in [-0.25, -0.2) is 4.79 Å². The Morgan fingerprint density at radius 3 is 2.13 bits per heavy atom. The molecule has 1 heterocycles. The first kappa shape index (κ1) is 10.5. The van der Waals surface area contributed by atoms with Gasteiger partial charge in [-0.1, -0.05) is 27.7 Å². The van der Waals surface area contributed by atoms with Crippen molar-refractivity contribution in [2.45, 2.75) is 40.7 Å². The van der Waals surface area contributed by atoms with Crippen LogP contribution in [0.2, 0.25) is 0 Å². The summed E-state index contributed by atoms with van der Waals surface area (Å²) in [5.41, 5.74) is -0.679. The number of hydrogen-bond donors (Lipinski definition) is 2. The molecule has 1 aliphatic carbocycles. The summed E-state index contributed by atoms with van der Waals surface area (Å²) in [4.78, 5) is 23.2. The molecule has 4 heteroatoms. The summed E-state index contributed by atoms with van der Waals surface area (Å²) in [7, 11) is 0. The third-order valence-corrected chi connectivity index (χ3v) is 5.18. The van der Waals surface area contributed by atoms with Gasteiger partial charge in [0.2, 0.25) is 5.91 Å². The SMILES string of the molecule is CC1(C)[C@H]2NC(=O)NC(=O)[C@@]2(C)C1(C)C. The number of hydrogen-bond acceptors (Lipinski definition) is 2. The number of carbonyl (C=O) groups is 2. The maximum atomic E-state index is 11.9. The number of imide groups is 1. The van der Waals surface area contributed by atoms with E-state index in [0.29, 0.717) is 0 Å². The van der Waals surface area contributed by atoms with Crippen LogP contribution in [0.4, 0.5) is 4.79 Å². The second-order valence-electron chi connectivity index (χ2n) is 5.91. The lowest BCUT2D eigenvalue weighted by Gasteiger charge is -2.71. The highest BCUT2D eigenvalue weighted by molar-refractivity contribution is 6.02. The fraction of sp³-hybridized carbons (Fsp3) is 0.818. The number of carbonyl (C=O) groups excluding carboxylic acids is 2. The van der Waals surface area contributed by atoms with E-state index in [1.165, 1.54) is 0 Å². The fourth-order valence-corrected chi connectivity index (χ4v) is 3.17. The normalized spacial score (nSPS) is 41.0. The molecule has 0 aromatic carbocycles. The molecule has 2 aliphatic rings. The molecule has 0 aromatic rings. The van der Waals surface area contributed by atoms with E-state index in [4.69, 9.17) is 0 Å². The second kappa shape index (κ2) is 2.36. The molecule has 0 unspecified atom stereocenters. The molecule has 4 nitrogen and oxygen atoms in total. The van der Waals surface area contributed by atoms with E-state index < -0.39 is 5.41 Å². The van der Waals surface area contributed by atoms with Gasteiger partial charge in [0.1, 0.15) is 0 Å². The van der Waals surface area contributed by atoms with Gasteiger partial charge in [0.15, 0.2) is 0 Å². The minimum atomic E-state index is -0.496. The summed E-state index contributed by atoms with van der Waals surface area (Å²) in [5, 5.41) is 5.22. The van der Waals surface area contributed by atoms with Gasteiger partial charge in [-0.15, -0.1) is 0 Å². The summed E-state index contributed by atoms with van der Waals surface area (Å²) in [6, 6.07) is -0.438. The molecule has 3 amide bonds. The van der Waals surface area contributed by atoms with Crippen molar-refractivity contribution < 1.29 is 9.59 Å². The molecule has 0 aromatic heterocycles. The Morgan fingerprint density at radius 2 is 1.60 bits per heavy atom. The Morgan fingerprint density at radius 1 is 1.07 bits per heavy atom. The van der Waals surface area contributed by atoms with Crippen LogP contribution in [0.3, 0.4) is 0 Å². The van der Waals surface area contributed by atoms with E-state index in [2.05, 4.69) is 38.3 Å². The molecule has 15 heavy (non-hydrogen) atoms. The topological polar surface area (TPSA) is 58.2 Å². The van der Waals surface area contributed by atoms with Gasteiger partial charge in [0.25, 0.3) is 0 Å². The number of urea groups is 1. The number of amides is 3. The summed E-state index contributed by atoms with van der Waals surface area (Å²) in [6.45, 7) is 10.3. The first-order valence-corrected chi connectivity index (χ1v) is 5.27. The predicted octanol–water partition coefficient (Wildman–Crippen LogP) is 1.27. The lowest BCUT2D eigenvalue weighted by atomic mass is 9.35. The summed E-state index contributed by atoms with van der Waals surface area (Å²) >= 11 is 0. The monoisotopic (exact) mass is 210 g/mol. The smallest absolute Gasteiger partial charge is 0.321 e. The molecule has 2 N–H and O–H groups in total. The Labute approximate surface area is 89.8 Å². The first-order chi connectivity index (χ1) is 6.65. The zero-order valence-electron chi connectivity index (χ0n) is 9.89. The van der Waals surface area contributed by atoms with E-state index in [-0.39, 0.29) is 28.8 Å². The Kier molecular flexibility index (Phi) is 1.65. The van der Waals surface area contributed by atoms with E-state index in [9.17, 15) is 9.59 Å². The Hall–Kier alpha value is -1.06. The molecule has 1 saturated heterocycles. The van der Waals surface area contributed by atoms with Crippen LogP contribution in [0, 0.1) is 16.2 Å². The van der Waals surface area contributed by atoms with E-state index in [1.807, 2.05) is 6.92 Å². The molecule has 0 spiro atoms. The van der Waals surface area contributed by atoms with Crippen molar-refractivity contribution in [2.24, 2.45) is 16.2 Å². The van der Waals surface area contributed by atoms with E-state index in [1.54, 1.807) is 0 Å². The van der Waals surface area contributed by atoms with Crippen LogP contribution in [0.15, 0.2) is 0 Å². The van der Waals surface area contributed by atoms with Crippen molar-refractivity contribution >= 4 is 11.9 Å². The molecule has 1 aliphatic heterocycles. The molecule has 2 fully saturated rings. The maximum absolute atomic E-state index is 11.9. The van der Waals surface area contributed by atoms with Crippen molar-refractivity contribution in [3.8, 4) is 0 Å². The maximum Gasteiger partial charge on any atom is 0.321 e. The average molecular weight is 210 g/mol. The number of nitrogens with one attached hydrogen (secondary N) is 2. The fourth-order valence-electron chi connectivity index (χ4n) is 3.17. The Bertz CT molecular complexity index is 360. The third-order valence-electron chi connectivity index (χ3n) is 5.18. The predicted molar refractivity (Wildman–Crippen MR) is 56.1 cm³/mol. The minimum absolute atomic E-state index is 0.0603. The van der Waals surface area contributed by atoms with Crippen molar-refractivity contribution in [1.82, 2.24) is 10.6 Å². The zero-order valence-corrected chi connectivity index (χ0v) is 9.89. The largest absolute Gasteiger partial charge is 0.333 e. The van der Waals surface area contributed by atoms with Gasteiger partial charge in [-0.2, -0.15) is 0 Å². The van der Waals surface area contributed by atoms with Crippen LogP contribution in [0.5, 0.6) is 0 Å². The summed E-state index contributed by atoms with van der Waals surface area (Å²) < 4.78 is 0. The van der Waals surface area contributed by atoms with Gasteiger partial charge in [-0.05, 0) is 17.8 Å². The van der Waals surface area contributed by atoms with Crippen molar-refractivity contribution in [1.29, 1.82) is 0 Å². The zero-order chi connectivity index (χ0) is 11.6. The third kappa shape index (κ3) is 0.840. The lowest BCUT2D eigenvalue weighted by Crippen LogP contribution is -2.83. The van der Waals surface area contributed by atoms with Crippen LogP contribution < -0.4 is 10.6 Å². The molecular formula is C11H18N2O2. The highest BCUT2D eigenvalue weighted by atomic mass is 16.2. The molecule has 0 radical (unpaired) electrons. The highest BCUT2D eigenvalue weighted by Gasteiger charge is 2.74. The van der Waals surface area contributed by atoms with Crippen LogP contribution in [0.1, 0.15) is 34.6 Å². The van der Waals surface area contributed by atoms with E-state index >= 15 is 0 Å². The minimum Gasteiger partial charge on any atom is -0.333 e. The Balaban J connectivity index is 2.47. The van der Waals surface area contributed by atoms with Gasteiger partial charge in [0, 0.05) is 0 Å². The van der Waals surface area contributed by atoms with Crippen molar-refractivity contribution in [3.63, 3.8) is 0 Å². The molecule has 0 bridgehead atoms. The average Bonchev–Trinajstić information content (AvgIpc) is 2.10. The van der Waals surface area contributed by atoms with Gasteiger partial charge in [-0.3, -0.25) is 10.1 Å². The highest BCUT2D eigenvalue weighted by Crippen LogP contribution is 2.67. The summed E-state index contributed by atoms with van der Waals surface area (Å²) in [6.07, 6.45) is 0. The van der Waals surface area contributed by atoms with E-state index in [0.717, 1.165) is 0 Å². The van der Waals surface area contributed by atoms with Crippen LogP contribution in [-0.4, -0.2) is 18.0 Å². The molecular weight excluding hydrogens is 192 g/mol. The van der Waals surface area contributed by atoms with Gasteiger partial charge >= 0.3 is 6.03 Å². The van der Waals surface area contributed by atoms with Crippen molar-refractivity contribution in [3.05, 3.63) is 0 Å². The summed E-state index contributed by atoms with van der Waals surface area (Å²) in [5.74, 6) is -0.152. The van der Waals surface area contributed by atoms with Crippen LogP contribution in [-0.2, 0) is 4.79 Å². The quantitative estimate of drug-likeness (QED) is 0.632. The number of rotatable bonds is 0. The molecule has 2 rings (SSSR count). The van der Waals surface area contributed by atoms with Crippen LogP contribution in [0.25, 0.3) is 0 Å². The number of fused-ring (bicyclic) bond motifs is 1.